The predicted octanol–water partition coefficient (Wildman–Crippen LogP) is 1.37. The Bertz CT molecular complexity index is 691. The fraction of sp³-hybridized carbons (Fsp3) is 0.824. The van der Waals surface area contributed by atoms with E-state index in [-0.39, 0.29) is 17.1 Å². The number of rotatable bonds is 3. The maximum Gasteiger partial charge on any atom is 0.226 e. The normalized spacial score (nSPS) is 36.3. The summed E-state index contributed by atoms with van der Waals surface area (Å²) in [5.41, 5.74) is 2.65. The molecule has 5 aliphatic rings. The zero-order valence-corrected chi connectivity index (χ0v) is 14.2. The van der Waals surface area contributed by atoms with Crippen LogP contribution in [-0.2, 0) is 14.8 Å². The molecule has 1 amide bonds. The predicted molar refractivity (Wildman–Crippen MR) is 86.1 cm³/mol. The molecule has 2 saturated carbocycles. The molecule has 0 radical (unpaired) electrons. The van der Waals surface area contributed by atoms with Gasteiger partial charge >= 0.3 is 0 Å². The lowest BCUT2D eigenvalue weighted by atomic mass is 9.84. The SMILES string of the molecule is O=C(C1CC1)N1CC2=C(C1)[C@@H]1CN(CC3CC3)S(=O)(=O)[C@@H]1CC2. The maximum atomic E-state index is 12.8. The zero-order valence-electron chi connectivity index (χ0n) is 13.4. The Morgan fingerprint density at radius 1 is 1.09 bits per heavy atom. The summed E-state index contributed by atoms with van der Waals surface area (Å²) in [6.07, 6.45) is 6.04. The van der Waals surface area contributed by atoms with Crippen molar-refractivity contribution in [3.8, 4) is 0 Å². The lowest BCUT2D eigenvalue weighted by Gasteiger charge is -2.24. The van der Waals surface area contributed by atoms with Crippen molar-refractivity contribution in [3.05, 3.63) is 11.1 Å². The summed E-state index contributed by atoms with van der Waals surface area (Å²) in [5, 5.41) is -0.226. The van der Waals surface area contributed by atoms with Crippen molar-refractivity contribution in [2.75, 3.05) is 26.2 Å². The van der Waals surface area contributed by atoms with Crippen LogP contribution in [0.5, 0.6) is 0 Å². The van der Waals surface area contributed by atoms with Crippen molar-refractivity contribution in [2.24, 2.45) is 17.8 Å². The molecule has 2 atom stereocenters. The number of amides is 1. The first-order valence-electron chi connectivity index (χ1n) is 9.02. The third kappa shape index (κ3) is 2.29. The summed E-state index contributed by atoms with van der Waals surface area (Å²) >= 11 is 0. The molecule has 3 fully saturated rings. The fourth-order valence-electron chi connectivity index (χ4n) is 4.68. The smallest absolute Gasteiger partial charge is 0.226 e. The van der Waals surface area contributed by atoms with Crippen molar-refractivity contribution in [1.29, 1.82) is 0 Å². The Morgan fingerprint density at radius 3 is 2.57 bits per heavy atom. The quantitative estimate of drug-likeness (QED) is 0.732. The van der Waals surface area contributed by atoms with Crippen LogP contribution in [0, 0.1) is 17.8 Å². The number of carbonyl (C=O) groups is 1. The molecule has 0 aromatic heterocycles. The minimum atomic E-state index is -3.13. The molecule has 3 aliphatic carbocycles. The molecular formula is C17H24N2O3S. The van der Waals surface area contributed by atoms with Gasteiger partial charge in [-0.25, -0.2) is 12.7 Å². The van der Waals surface area contributed by atoms with Crippen molar-refractivity contribution < 1.29 is 13.2 Å². The van der Waals surface area contributed by atoms with E-state index in [1.54, 1.807) is 4.31 Å². The number of hydrogen-bond donors (Lipinski definition) is 0. The minimum absolute atomic E-state index is 0.138. The van der Waals surface area contributed by atoms with Gasteiger partial charge in [-0.2, -0.15) is 0 Å². The molecule has 0 aromatic rings. The van der Waals surface area contributed by atoms with E-state index in [0.717, 1.165) is 38.8 Å². The number of nitrogens with zero attached hydrogens (tertiary/aromatic N) is 2. The average molecular weight is 336 g/mol. The largest absolute Gasteiger partial charge is 0.334 e. The van der Waals surface area contributed by atoms with Crippen LogP contribution in [0.4, 0.5) is 0 Å². The van der Waals surface area contributed by atoms with Gasteiger partial charge in [0.05, 0.1) is 5.25 Å². The molecule has 5 nitrogen and oxygen atoms in total. The average Bonchev–Trinajstić information content (AvgIpc) is 3.42. The molecule has 1 saturated heterocycles. The first-order valence-corrected chi connectivity index (χ1v) is 10.5. The maximum absolute atomic E-state index is 12.8. The van der Waals surface area contributed by atoms with Crippen LogP contribution >= 0.6 is 0 Å². The lowest BCUT2D eigenvalue weighted by Crippen LogP contribution is -2.32. The van der Waals surface area contributed by atoms with E-state index >= 15 is 0 Å². The van der Waals surface area contributed by atoms with Gasteiger partial charge in [0.2, 0.25) is 15.9 Å². The molecule has 2 heterocycles. The van der Waals surface area contributed by atoms with Crippen LogP contribution < -0.4 is 0 Å². The third-order valence-electron chi connectivity index (χ3n) is 6.36. The minimum Gasteiger partial charge on any atom is -0.334 e. The van der Waals surface area contributed by atoms with Gasteiger partial charge in [-0.15, -0.1) is 0 Å². The zero-order chi connectivity index (χ0) is 15.8. The monoisotopic (exact) mass is 336 g/mol. The van der Waals surface area contributed by atoms with Crippen LogP contribution in [0.25, 0.3) is 0 Å². The molecule has 0 N–H and O–H groups in total. The molecule has 0 bridgehead atoms. The van der Waals surface area contributed by atoms with Crippen LogP contribution in [0.15, 0.2) is 11.1 Å². The molecule has 2 aliphatic heterocycles. The third-order valence-corrected chi connectivity index (χ3v) is 8.71. The second-order valence-corrected chi connectivity index (χ2v) is 10.2. The highest BCUT2D eigenvalue weighted by Crippen LogP contribution is 2.46. The van der Waals surface area contributed by atoms with Gasteiger partial charge in [0.25, 0.3) is 0 Å². The van der Waals surface area contributed by atoms with Gasteiger partial charge in [0, 0.05) is 38.0 Å². The van der Waals surface area contributed by atoms with Crippen molar-refractivity contribution in [3.63, 3.8) is 0 Å². The molecule has 23 heavy (non-hydrogen) atoms. The molecule has 126 valence electrons. The Morgan fingerprint density at radius 2 is 1.87 bits per heavy atom. The molecule has 0 aromatic carbocycles. The standard InChI is InChI=1S/C17H24N2O3S/c20-17(12-3-4-12)18-8-13-5-6-16-15(14(13)9-18)10-19(23(16,21)22)7-11-1-2-11/h11-12,15-16H,1-10H2/t15-,16+/m0/s1. The first kappa shape index (κ1) is 14.5. The van der Waals surface area contributed by atoms with E-state index in [0.29, 0.717) is 24.9 Å². The second kappa shape index (κ2) is 4.82. The van der Waals surface area contributed by atoms with Crippen molar-refractivity contribution >= 4 is 15.9 Å². The molecule has 6 heteroatoms. The fourth-order valence-corrected chi connectivity index (χ4v) is 6.93. The van der Waals surface area contributed by atoms with Crippen LogP contribution in [0.3, 0.4) is 0 Å². The van der Waals surface area contributed by atoms with Crippen molar-refractivity contribution in [1.82, 2.24) is 9.21 Å². The van der Waals surface area contributed by atoms with Gasteiger partial charge < -0.3 is 4.90 Å². The second-order valence-electron chi connectivity index (χ2n) is 8.09. The molecule has 0 spiro atoms. The van der Waals surface area contributed by atoms with Crippen molar-refractivity contribution in [2.45, 2.75) is 43.8 Å². The summed E-state index contributed by atoms with van der Waals surface area (Å²) < 4.78 is 27.4. The highest BCUT2D eigenvalue weighted by atomic mass is 32.2. The highest BCUT2D eigenvalue weighted by molar-refractivity contribution is 7.90. The van der Waals surface area contributed by atoms with Crippen LogP contribution in [-0.4, -0.2) is 55.0 Å². The summed E-state index contributed by atoms with van der Waals surface area (Å²) in [4.78, 5) is 14.3. The van der Waals surface area contributed by atoms with E-state index in [4.69, 9.17) is 0 Å². The van der Waals surface area contributed by atoms with Crippen LogP contribution in [0.2, 0.25) is 0 Å². The Kier molecular flexibility index (Phi) is 3.03. The van der Waals surface area contributed by atoms with Gasteiger partial charge in [-0.05, 0) is 55.6 Å². The lowest BCUT2D eigenvalue weighted by molar-refractivity contribution is -0.131. The van der Waals surface area contributed by atoms with E-state index in [9.17, 15) is 13.2 Å². The molecular weight excluding hydrogens is 312 g/mol. The number of carbonyl (C=O) groups excluding carboxylic acids is 1. The summed E-state index contributed by atoms with van der Waals surface area (Å²) in [6, 6.07) is 0. The van der Waals surface area contributed by atoms with E-state index in [1.165, 1.54) is 24.0 Å². The van der Waals surface area contributed by atoms with E-state index in [2.05, 4.69) is 0 Å². The van der Waals surface area contributed by atoms with Gasteiger partial charge in [0.15, 0.2) is 0 Å². The van der Waals surface area contributed by atoms with Gasteiger partial charge in [-0.3, -0.25) is 4.79 Å². The van der Waals surface area contributed by atoms with Gasteiger partial charge in [-0.1, -0.05) is 0 Å². The first-order chi connectivity index (χ1) is 11.0. The Labute approximate surface area is 137 Å². The van der Waals surface area contributed by atoms with Gasteiger partial charge in [0.1, 0.15) is 0 Å². The number of sulfonamides is 1. The Balaban J connectivity index is 1.38. The Hall–Kier alpha value is -0.880. The summed E-state index contributed by atoms with van der Waals surface area (Å²) in [6.45, 7) is 2.84. The van der Waals surface area contributed by atoms with E-state index < -0.39 is 10.0 Å². The van der Waals surface area contributed by atoms with E-state index in [1.807, 2.05) is 4.90 Å². The molecule has 0 unspecified atom stereocenters. The van der Waals surface area contributed by atoms with Crippen LogP contribution in [0.1, 0.15) is 38.5 Å². The summed E-state index contributed by atoms with van der Waals surface area (Å²) in [5.74, 6) is 1.28. The number of fused-ring (bicyclic) bond motifs is 2. The number of hydrogen-bond acceptors (Lipinski definition) is 3. The molecule has 5 rings (SSSR count). The topological polar surface area (TPSA) is 57.7 Å². The highest BCUT2D eigenvalue weighted by Gasteiger charge is 2.52. The summed E-state index contributed by atoms with van der Waals surface area (Å²) in [7, 11) is -3.13.